The molecular formula is C15H23NO2S. The Kier molecular flexibility index (Phi) is 7.13. The fourth-order valence-corrected chi connectivity index (χ4v) is 2.02. The number of carbonyl (C=O) groups is 1. The number of ether oxygens (including phenoxy) is 1. The molecule has 0 saturated carbocycles. The number of aldehydes is 1. The summed E-state index contributed by atoms with van der Waals surface area (Å²) in [6.07, 6.45) is 0.978. The lowest BCUT2D eigenvalue weighted by Gasteiger charge is -2.28. The maximum atomic E-state index is 10.3. The van der Waals surface area contributed by atoms with Crippen LogP contribution in [0, 0.1) is 13.8 Å². The van der Waals surface area contributed by atoms with Gasteiger partial charge in [0.05, 0.1) is 19.3 Å². The molecule has 1 fully saturated rings. The van der Waals surface area contributed by atoms with E-state index in [-0.39, 0.29) is 6.04 Å². The molecule has 19 heavy (non-hydrogen) atoms. The van der Waals surface area contributed by atoms with Gasteiger partial charge in [-0.05, 0) is 32.4 Å². The Morgan fingerprint density at radius 1 is 1.32 bits per heavy atom. The number of carbonyl (C=O) groups excluding carboxylic acids is 1. The first-order chi connectivity index (χ1) is 9.04. The molecule has 106 valence electrons. The van der Waals surface area contributed by atoms with Crippen molar-refractivity contribution in [3.05, 3.63) is 29.3 Å². The third-order valence-electron chi connectivity index (χ3n) is 3.17. The molecule has 1 saturated heterocycles. The summed E-state index contributed by atoms with van der Waals surface area (Å²) < 4.78 is 5.14. The van der Waals surface area contributed by atoms with Crippen molar-refractivity contribution in [2.45, 2.75) is 31.7 Å². The smallest absolute Gasteiger partial charge is 0.136 e. The van der Waals surface area contributed by atoms with Crippen LogP contribution in [0.15, 0.2) is 23.1 Å². The summed E-state index contributed by atoms with van der Waals surface area (Å²) in [5.74, 6) is 0. The second-order valence-electron chi connectivity index (χ2n) is 4.81. The van der Waals surface area contributed by atoms with E-state index in [9.17, 15) is 4.79 Å². The Bertz CT molecular complexity index is 403. The summed E-state index contributed by atoms with van der Waals surface area (Å²) in [7, 11) is 0. The SMILES string of the molecule is CC(C=O)N1CCOCC1.Cc1ccc(S)c(C)c1. The third kappa shape index (κ3) is 5.76. The van der Waals surface area contributed by atoms with Crippen molar-refractivity contribution < 1.29 is 9.53 Å². The molecule has 3 nitrogen and oxygen atoms in total. The molecule has 0 radical (unpaired) electrons. The summed E-state index contributed by atoms with van der Waals surface area (Å²) in [6, 6.07) is 6.27. The number of nitrogens with zero attached hydrogens (tertiary/aromatic N) is 1. The van der Waals surface area contributed by atoms with E-state index in [1.165, 1.54) is 11.1 Å². The molecule has 0 amide bonds. The Morgan fingerprint density at radius 2 is 1.95 bits per heavy atom. The molecule has 4 heteroatoms. The zero-order valence-electron chi connectivity index (χ0n) is 11.9. The van der Waals surface area contributed by atoms with E-state index in [1.807, 2.05) is 13.0 Å². The third-order valence-corrected chi connectivity index (χ3v) is 3.67. The standard InChI is InChI=1S/C8H10S.C7H13NO2/c1-6-3-4-8(9)7(2)5-6;1-7(6-9)8-2-4-10-5-3-8/h3-5,9H,1-2H3;6-7H,2-5H2,1H3. The highest BCUT2D eigenvalue weighted by Gasteiger charge is 2.15. The van der Waals surface area contributed by atoms with Crippen molar-refractivity contribution in [1.82, 2.24) is 4.90 Å². The number of hydrogen-bond donors (Lipinski definition) is 1. The van der Waals surface area contributed by atoms with Gasteiger partial charge in [-0.25, -0.2) is 0 Å². The number of benzene rings is 1. The van der Waals surface area contributed by atoms with Gasteiger partial charge in [-0.3, -0.25) is 4.90 Å². The molecule has 1 unspecified atom stereocenters. The van der Waals surface area contributed by atoms with Crippen LogP contribution in [0.25, 0.3) is 0 Å². The number of aryl methyl sites for hydroxylation is 2. The number of morpholine rings is 1. The fourth-order valence-electron chi connectivity index (χ4n) is 1.88. The Balaban J connectivity index is 0.000000191. The van der Waals surface area contributed by atoms with Crippen molar-refractivity contribution in [3.8, 4) is 0 Å². The van der Waals surface area contributed by atoms with Crippen LogP contribution in [0.5, 0.6) is 0 Å². The molecule has 1 aliphatic rings. The Labute approximate surface area is 121 Å². The molecule has 1 heterocycles. The summed E-state index contributed by atoms with van der Waals surface area (Å²) in [5, 5.41) is 0. The van der Waals surface area contributed by atoms with Gasteiger partial charge in [-0.1, -0.05) is 17.7 Å². The minimum Gasteiger partial charge on any atom is -0.379 e. The van der Waals surface area contributed by atoms with Crippen molar-refractivity contribution in [2.24, 2.45) is 0 Å². The summed E-state index contributed by atoms with van der Waals surface area (Å²) in [5.41, 5.74) is 2.55. The second kappa shape index (κ2) is 8.35. The van der Waals surface area contributed by atoms with Gasteiger partial charge in [0, 0.05) is 18.0 Å². The molecular weight excluding hydrogens is 258 g/mol. The van der Waals surface area contributed by atoms with Gasteiger partial charge in [0.1, 0.15) is 6.29 Å². The molecule has 0 aliphatic carbocycles. The lowest BCUT2D eigenvalue weighted by molar-refractivity contribution is -0.113. The topological polar surface area (TPSA) is 29.5 Å². The summed E-state index contributed by atoms with van der Waals surface area (Å²) in [6.45, 7) is 9.37. The second-order valence-corrected chi connectivity index (χ2v) is 5.30. The first-order valence-corrected chi connectivity index (χ1v) is 7.02. The summed E-state index contributed by atoms with van der Waals surface area (Å²) >= 11 is 4.25. The molecule has 1 aliphatic heterocycles. The average Bonchev–Trinajstić information content (AvgIpc) is 2.44. The quantitative estimate of drug-likeness (QED) is 0.667. The van der Waals surface area contributed by atoms with Crippen LogP contribution in [0.4, 0.5) is 0 Å². The molecule has 1 aromatic rings. The molecule has 0 bridgehead atoms. The zero-order valence-corrected chi connectivity index (χ0v) is 12.8. The molecule has 1 aromatic carbocycles. The van der Waals surface area contributed by atoms with Gasteiger partial charge in [-0.2, -0.15) is 0 Å². The van der Waals surface area contributed by atoms with Crippen LogP contribution < -0.4 is 0 Å². The van der Waals surface area contributed by atoms with Crippen LogP contribution in [0.2, 0.25) is 0 Å². The van der Waals surface area contributed by atoms with E-state index >= 15 is 0 Å². The highest BCUT2D eigenvalue weighted by atomic mass is 32.1. The van der Waals surface area contributed by atoms with Gasteiger partial charge < -0.3 is 9.53 Å². The van der Waals surface area contributed by atoms with Crippen molar-refractivity contribution >= 4 is 18.9 Å². The highest BCUT2D eigenvalue weighted by molar-refractivity contribution is 7.80. The first kappa shape index (κ1) is 16.2. The van der Waals surface area contributed by atoms with E-state index in [2.05, 4.69) is 43.5 Å². The van der Waals surface area contributed by atoms with Crippen molar-refractivity contribution in [2.75, 3.05) is 26.3 Å². The maximum absolute atomic E-state index is 10.3. The van der Waals surface area contributed by atoms with Gasteiger partial charge in [0.15, 0.2) is 0 Å². The van der Waals surface area contributed by atoms with Gasteiger partial charge in [-0.15, -0.1) is 12.6 Å². The molecule has 2 rings (SSSR count). The van der Waals surface area contributed by atoms with Crippen LogP contribution in [0.1, 0.15) is 18.1 Å². The number of rotatable bonds is 2. The van der Waals surface area contributed by atoms with E-state index in [4.69, 9.17) is 4.74 Å². The number of thiol groups is 1. The maximum Gasteiger partial charge on any atom is 0.136 e. The van der Waals surface area contributed by atoms with Crippen LogP contribution in [-0.4, -0.2) is 43.5 Å². The van der Waals surface area contributed by atoms with Crippen LogP contribution >= 0.6 is 12.6 Å². The molecule has 0 N–H and O–H groups in total. The highest BCUT2D eigenvalue weighted by Crippen LogP contribution is 2.13. The van der Waals surface area contributed by atoms with Gasteiger partial charge >= 0.3 is 0 Å². The number of hydrogen-bond acceptors (Lipinski definition) is 4. The normalized spacial score (nSPS) is 17.3. The van der Waals surface area contributed by atoms with E-state index in [0.29, 0.717) is 0 Å². The molecule has 1 atom stereocenters. The van der Waals surface area contributed by atoms with Gasteiger partial charge in [0.2, 0.25) is 0 Å². The van der Waals surface area contributed by atoms with E-state index in [0.717, 1.165) is 37.5 Å². The summed E-state index contributed by atoms with van der Waals surface area (Å²) in [4.78, 5) is 13.5. The largest absolute Gasteiger partial charge is 0.379 e. The van der Waals surface area contributed by atoms with Gasteiger partial charge in [0.25, 0.3) is 0 Å². The molecule has 0 aromatic heterocycles. The Morgan fingerprint density at radius 3 is 2.42 bits per heavy atom. The average molecular weight is 281 g/mol. The monoisotopic (exact) mass is 281 g/mol. The van der Waals surface area contributed by atoms with Crippen LogP contribution in [0.3, 0.4) is 0 Å². The minimum atomic E-state index is 0.0592. The predicted octanol–water partition coefficient (Wildman–Crippen LogP) is 2.50. The van der Waals surface area contributed by atoms with Crippen LogP contribution in [-0.2, 0) is 9.53 Å². The van der Waals surface area contributed by atoms with E-state index < -0.39 is 0 Å². The molecule has 0 spiro atoms. The lowest BCUT2D eigenvalue weighted by Crippen LogP contribution is -2.42. The first-order valence-electron chi connectivity index (χ1n) is 6.58. The minimum absolute atomic E-state index is 0.0592. The van der Waals surface area contributed by atoms with E-state index in [1.54, 1.807) is 0 Å². The van der Waals surface area contributed by atoms with Crippen molar-refractivity contribution in [3.63, 3.8) is 0 Å². The predicted molar refractivity (Wildman–Crippen MR) is 81.1 cm³/mol. The fraction of sp³-hybridized carbons (Fsp3) is 0.533. The lowest BCUT2D eigenvalue weighted by atomic mass is 10.2. The zero-order chi connectivity index (χ0) is 14.3. The Hall–Kier alpha value is -0.840. The van der Waals surface area contributed by atoms with Crippen molar-refractivity contribution in [1.29, 1.82) is 0 Å².